The van der Waals surface area contributed by atoms with E-state index in [9.17, 15) is 0 Å². The zero-order chi connectivity index (χ0) is 9.83. The minimum Gasteiger partial charge on any atom is -0.354 e. The van der Waals surface area contributed by atoms with Crippen LogP contribution >= 0.6 is 0 Å². The van der Waals surface area contributed by atoms with Gasteiger partial charge in [0.1, 0.15) is 0 Å². The zero-order valence-corrected chi connectivity index (χ0v) is 8.12. The van der Waals surface area contributed by atoms with Gasteiger partial charge in [0, 0.05) is 21.8 Å². The lowest BCUT2D eigenvalue weighted by Gasteiger charge is -2.00. The average Bonchev–Trinajstić information content (AvgIpc) is 2.66. The normalized spacial score (nSPS) is 12.0. The highest BCUT2D eigenvalue weighted by Crippen LogP contribution is 2.33. The van der Waals surface area contributed by atoms with E-state index in [0.29, 0.717) is 0 Å². The van der Waals surface area contributed by atoms with Crippen molar-refractivity contribution in [1.29, 1.82) is 0 Å². The first-order chi connectivity index (χ1) is 7.43. The standard InChI is InChI=1S/C14H9N/c1-3-9-7-8-10-4-2-6-12-14(10)13(9)11(5-1)15-12/h1-8,15H. The summed E-state index contributed by atoms with van der Waals surface area (Å²) in [6.45, 7) is 0. The maximum absolute atomic E-state index is 3.46. The second kappa shape index (κ2) is 2.31. The van der Waals surface area contributed by atoms with Crippen molar-refractivity contribution >= 4 is 32.6 Å². The van der Waals surface area contributed by atoms with E-state index in [4.69, 9.17) is 0 Å². The Bertz CT molecular complexity index is 700. The van der Waals surface area contributed by atoms with Gasteiger partial charge in [-0.2, -0.15) is 0 Å². The van der Waals surface area contributed by atoms with Crippen molar-refractivity contribution in [2.45, 2.75) is 0 Å². The molecule has 0 aliphatic carbocycles. The average molecular weight is 191 g/mol. The number of rotatable bonds is 0. The van der Waals surface area contributed by atoms with Gasteiger partial charge < -0.3 is 4.98 Å². The third-order valence-electron chi connectivity index (χ3n) is 3.16. The highest BCUT2D eigenvalue weighted by atomic mass is 14.7. The summed E-state index contributed by atoms with van der Waals surface area (Å²) in [6, 6.07) is 17.2. The molecule has 0 unspecified atom stereocenters. The number of hydrogen-bond donors (Lipinski definition) is 1. The summed E-state index contributed by atoms with van der Waals surface area (Å²) in [5.41, 5.74) is 2.47. The number of hydrogen-bond acceptors (Lipinski definition) is 0. The quantitative estimate of drug-likeness (QED) is 0.405. The lowest BCUT2D eigenvalue weighted by atomic mass is 10.0. The van der Waals surface area contributed by atoms with Gasteiger partial charge in [-0.3, -0.25) is 0 Å². The summed E-state index contributed by atoms with van der Waals surface area (Å²) in [5, 5.41) is 5.37. The van der Waals surface area contributed by atoms with Gasteiger partial charge in [-0.1, -0.05) is 36.4 Å². The third-order valence-corrected chi connectivity index (χ3v) is 3.16. The Balaban J connectivity index is 2.54. The molecule has 1 N–H and O–H groups in total. The van der Waals surface area contributed by atoms with Crippen molar-refractivity contribution in [1.82, 2.24) is 4.98 Å². The molecule has 0 aliphatic rings. The summed E-state index contributed by atoms with van der Waals surface area (Å²) in [6.07, 6.45) is 0. The Morgan fingerprint density at radius 2 is 1.13 bits per heavy atom. The fourth-order valence-corrected chi connectivity index (χ4v) is 2.51. The molecule has 0 saturated heterocycles. The van der Waals surface area contributed by atoms with Crippen LogP contribution in [0, 0.1) is 0 Å². The van der Waals surface area contributed by atoms with E-state index in [1.807, 2.05) is 0 Å². The van der Waals surface area contributed by atoms with Crippen molar-refractivity contribution in [3.8, 4) is 0 Å². The first-order valence-corrected chi connectivity index (χ1v) is 5.15. The molecular weight excluding hydrogens is 182 g/mol. The molecule has 1 heteroatoms. The summed E-state index contributed by atoms with van der Waals surface area (Å²) in [4.78, 5) is 3.46. The Morgan fingerprint density at radius 3 is 1.67 bits per heavy atom. The number of nitrogens with one attached hydrogen (secondary N) is 1. The van der Waals surface area contributed by atoms with Gasteiger partial charge >= 0.3 is 0 Å². The molecule has 4 rings (SSSR count). The van der Waals surface area contributed by atoms with Gasteiger partial charge in [0.15, 0.2) is 0 Å². The van der Waals surface area contributed by atoms with Crippen LogP contribution in [-0.4, -0.2) is 4.98 Å². The van der Waals surface area contributed by atoms with E-state index in [1.54, 1.807) is 0 Å². The molecule has 1 aromatic heterocycles. The van der Waals surface area contributed by atoms with Gasteiger partial charge in [-0.25, -0.2) is 0 Å². The molecule has 0 fully saturated rings. The largest absolute Gasteiger partial charge is 0.354 e. The van der Waals surface area contributed by atoms with Crippen LogP contribution in [0.5, 0.6) is 0 Å². The number of aromatic amines is 1. The summed E-state index contributed by atoms with van der Waals surface area (Å²) < 4.78 is 0. The van der Waals surface area contributed by atoms with E-state index >= 15 is 0 Å². The SMILES string of the molecule is c1cc2ccc3cccc4[nH]c(c1)c2c34. The molecular formula is C14H9N. The van der Waals surface area contributed by atoms with Crippen molar-refractivity contribution in [2.75, 3.05) is 0 Å². The Morgan fingerprint density at radius 1 is 0.600 bits per heavy atom. The summed E-state index contributed by atoms with van der Waals surface area (Å²) >= 11 is 0. The van der Waals surface area contributed by atoms with Crippen molar-refractivity contribution in [3.63, 3.8) is 0 Å². The van der Waals surface area contributed by atoms with Crippen LogP contribution in [0.25, 0.3) is 32.6 Å². The first kappa shape index (κ1) is 7.30. The van der Waals surface area contributed by atoms with Gasteiger partial charge in [0.05, 0.1) is 0 Å². The Labute approximate surface area is 86.7 Å². The molecule has 1 nitrogen and oxygen atoms in total. The van der Waals surface area contributed by atoms with Crippen molar-refractivity contribution < 1.29 is 0 Å². The first-order valence-electron chi connectivity index (χ1n) is 5.15. The van der Waals surface area contributed by atoms with Crippen LogP contribution in [-0.2, 0) is 0 Å². The maximum atomic E-state index is 3.46. The number of aromatic nitrogens is 1. The summed E-state index contributed by atoms with van der Waals surface area (Å²) in [5.74, 6) is 0. The smallest absolute Gasteiger partial charge is 0.0471 e. The van der Waals surface area contributed by atoms with E-state index < -0.39 is 0 Å². The monoisotopic (exact) mass is 191 g/mol. The van der Waals surface area contributed by atoms with Gasteiger partial charge in [0.25, 0.3) is 0 Å². The maximum Gasteiger partial charge on any atom is 0.0471 e. The fourth-order valence-electron chi connectivity index (χ4n) is 2.51. The van der Waals surface area contributed by atoms with Gasteiger partial charge in [0.2, 0.25) is 0 Å². The van der Waals surface area contributed by atoms with Crippen LogP contribution < -0.4 is 0 Å². The molecule has 0 aliphatic heterocycles. The highest BCUT2D eigenvalue weighted by molar-refractivity contribution is 6.22. The van der Waals surface area contributed by atoms with Crippen LogP contribution in [0.1, 0.15) is 0 Å². The predicted octanol–water partition coefficient (Wildman–Crippen LogP) is 3.91. The third kappa shape index (κ3) is 0.785. The minimum atomic E-state index is 1.24. The molecule has 0 bridgehead atoms. The zero-order valence-electron chi connectivity index (χ0n) is 8.12. The van der Waals surface area contributed by atoms with Crippen molar-refractivity contribution in [3.05, 3.63) is 48.5 Å². The van der Waals surface area contributed by atoms with Gasteiger partial charge in [-0.05, 0) is 22.9 Å². The fraction of sp³-hybridized carbons (Fsp3) is 0. The second-order valence-corrected chi connectivity index (χ2v) is 4.00. The molecule has 3 aromatic carbocycles. The van der Waals surface area contributed by atoms with E-state index in [0.717, 1.165) is 0 Å². The highest BCUT2D eigenvalue weighted by Gasteiger charge is 2.08. The lowest BCUT2D eigenvalue weighted by molar-refractivity contribution is 1.55. The van der Waals surface area contributed by atoms with Crippen molar-refractivity contribution in [2.24, 2.45) is 0 Å². The van der Waals surface area contributed by atoms with Crippen LogP contribution in [0.3, 0.4) is 0 Å². The van der Waals surface area contributed by atoms with E-state index in [-0.39, 0.29) is 0 Å². The number of H-pyrrole nitrogens is 1. The van der Waals surface area contributed by atoms with Crippen LogP contribution in [0.4, 0.5) is 0 Å². The summed E-state index contributed by atoms with van der Waals surface area (Å²) in [7, 11) is 0. The molecule has 0 amide bonds. The van der Waals surface area contributed by atoms with Crippen LogP contribution in [0.15, 0.2) is 48.5 Å². The molecule has 4 aromatic rings. The molecule has 0 spiro atoms. The molecule has 0 saturated carbocycles. The van der Waals surface area contributed by atoms with Crippen LogP contribution in [0.2, 0.25) is 0 Å². The Hall–Kier alpha value is -2.02. The minimum absolute atomic E-state index is 1.24. The van der Waals surface area contributed by atoms with Gasteiger partial charge in [-0.15, -0.1) is 0 Å². The van der Waals surface area contributed by atoms with E-state index in [1.165, 1.54) is 32.6 Å². The van der Waals surface area contributed by atoms with E-state index in [2.05, 4.69) is 53.5 Å². The Kier molecular flexibility index (Phi) is 1.13. The predicted molar refractivity (Wildman–Crippen MR) is 64.5 cm³/mol. The number of benzene rings is 3. The second-order valence-electron chi connectivity index (χ2n) is 4.00. The molecule has 70 valence electrons. The lowest BCUT2D eigenvalue weighted by Crippen LogP contribution is -1.74. The molecule has 1 heterocycles. The molecule has 0 radical (unpaired) electrons. The molecule has 0 atom stereocenters. The topological polar surface area (TPSA) is 15.8 Å². The molecule has 15 heavy (non-hydrogen) atoms.